The molecule has 35 heavy (non-hydrogen) atoms. The average Bonchev–Trinajstić information content (AvgIpc) is 3.31. The summed E-state index contributed by atoms with van der Waals surface area (Å²) in [5, 5.41) is 17.3. The van der Waals surface area contributed by atoms with Crippen molar-refractivity contribution in [3.05, 3.63) is 84.4 Å². The van der Waals surface area contributed by atoms with Gasteiger partial charge in [0.15, 0.2) is 5.11 Å². The number of nitrogens with one attached hydrogen (secondary N) is 2. The molecule has 8 nitrogen and oxygen atoms in total. The second kappa shape index (κ2) is 9.40. The molecule has 1 amide bonds. The zero-order valence-corrected chi connectivity index (χ0v) is 19.8. The van der Waals surface area contributed by atoms with Crippen molar-refractivity contribution >= 4 is 50.7 Å². The summed E-state index contributed by atoms with van der Waals surface area (Å²) in [7, 11) is 3.04. The van der Waals surface area contributed by atoms with Crippen LogP contribution in [-0.2, 0) is 0 Å². The number of hydrogen-bond acceptors (Lipinski definition) is 6. The molecule has 0 fully saturated rings. The molecular formula is C26H21N5O3S. The lowest BCUT2D eigenvalue weighted by Gasteiger charge is -2.12. The SMILES string of the molecule is COc1ccc(C(=O)NC(=S)Nc2ccc3nn(-c4cccc5ccccc45)nc3c2)c(OC)c1. The zero-order valence-electron chi connectivity index (χ0n) is 19.0. The number of amides is 1. The van der Waals surface area contributed by atoms with Gasteiger partial charge in [-0.1, -0.05) is 36.4 Å². The summed E-state index contributed by atoms with van der Waals surface area (Å²) in [6.07, 6.45) is 0. The van der Waals surface area contributed by atoms with Gasteiger partial charge >= 0.3 is 0 Å². The van der Waals surface area contributed by atoms with Crippen LogP contribution in [-0.4, -0.2) is 40.2 Å². The normalized spacial score (nSPS) is 10.8. The molecule has 5 aromatic rings. The maximum absolute atomic E-state index is 12.7. The van der Waals surface area contributed by atoms with Gasteiger partial charge in [0.2, 0.25) is 0 Å². The number of methoxy groups -OCH3 is 2. The Morgan fingerprint density at radius 3 is 2.51 bits per heavy atom. The second-order valence-corrected chi connectivity index (χ2v) is 8.07. The van der Waals surface area contributed by atoms with Gasteiger partial charge in [-0.3, -0.25) is 10.1 Å². The van der Waals surface area contributed by atoms with Crippen LogP contribution in [0.25, 0.3) is 27.5 Å². The van der Waals surface area contributed by atoms with E-state index >= 15 is 0 Å². The van der Waals surface area contributed by atoms with E-state index in [2.05, 4.69) is 33.0 Å². The molecular weight excluding hydrogens is 462 g/mol. The molecule has 174 valence electrons. The monoisotopic (exact) mass is 483 g/mol. The van der Waals surface area contributed by atoms with Gasteiger partial charge in [-0.15, -0.1) is 15.0 Å². The summed E-state index contributed by atoms with van der Waals surface area (Å²) in [4.78, 5) is 14.4. The molecule has 0 bridgehead atoms. The maximum Gasteiger partial charge on any atom is 0.261 e. The largest absolute Gasteiger partial charge is 0.497 e. The summed E-state index contributed by atoms with van der Waals surface area (Å²) in [6.45, 7) is 0. The summed E-state index contributed by atoms with van der Waals surface area (Å²) in [5.74, 6) is 0.574. The molecule has 0 atom stereocenters. The molecule has 5 rings (SSSR count). The summed E-state index contributed by atoms with van der Waals surface area (Å²) >= 11 is 5.35. The standard InChI is InChI=1S/C26H21N5O3S/c1-33-18-11-12-20(24(15-18)34-2)25(32)28-26(35)27-17-10-13-21-22(14-17)30-31(29-21)23-9-5-7-16-6-3-4-8-19(16)23/h3-15H,1-2H3,(H2,27,28,32,35). The van der Waals surface area contributed by atoms with Crippen molar-refractivity contribution in [1.29, 1.82) is 0 Å². The van der Waals surface area contributed by atoms with Gasteiger partial charge in [-0.05, 0) is 54.0 Å². The molecule has 0 saturated heterocycles. The van der Waals surface area contributed by atoms with E-state index in [9.17, 15) is 4.79 Å². The summed E-state index contributed by atoms with van der Waals surface area (Å²) in [6, 6.07) is 24.6. The Bertz CT molecular complexity index is 1580. The number of ether oxygens (including phenoxy) is 2. The predicted molar refractivity (Wildman–Crippen MR) is 140 cm³/mol. The molecule has 1 heterocycles. The van der Waals surface area contributed by atoms with E-state index in [-0.39, 0.29) is 5.11 Å². The fraction of sp³-hybridized carbons (Fsp3) is 0.0769. The molecule has 0 saturated carbocycles. The van der Waals surface area contributed by atoms with Crippen molar-refractivity contribution in [1.82, 2.24) is 20.3 Å². The number of rotatable bonds is 5. The number of nitrogens with zero attached hydrogens (tertiary/aromatic N) is 3. The van der Waals surface area contributed by atoms with Crippen LogP contribution >= 0.6 is 12.2 Å². The average molecular weight is 484 g/mol. The minimum Gasteiger partial charge on any atom is -0.497 e. The van der Waals surface area contributed by atoms with E-state index < -0.39 is 5.91 Å². The minimum atomic E-state index is -0.398. The van der Waals surface area contributed by atoms with Gasteiger partial charge in [0.05, 0.1) is 25.5 Å². The van der Waals surface area contributed by atoms with Crippen LogP contribution in [0.3, 0.4) is 0 Å². The Labute approximate surface area is 206 Å². The van der Waals surface area contributed by atoms with Crippen molar-refractivity contribution in [2.45, 2.75) is 0 Å². The third kappa shape index (κ3) is 4.49. The Kier molecular flexibility index (Phi) is 5.99. The highest BCUT2D eigenvalue weighted by atomic mass is 32.1. The minimum absolute atomic E-state index is 0.147. The third-order valence-electron chi connectivity index (χ3n) is 5.50. The molecule has 2 N–H and O–H groups in total. The number of benzene rings is 4. The van der Waals surface area contributed by atoms with E-state index in [1.807, 2.05) is 48.5 Å². The first-order valence-electron chi connectivity index (χ1n) is 10.8. The first-order chi connectivity index (χ1) is 17.1. The van der Waals surface area contributed by atoms with Crippen LogP contribution in [0.5, 0.6) is 11.5 Å². The van der Waals surface area contributed by atoms with Gasteiger partial charge in [0.25, 0.3) is 5.91 Å². The van der Waals surface area contributed by atoms with E-state index in [1.54, 1.807) is 30.1 Å². The molecule has 0 aliphatic heterocycles. The van der Waals surface area contributed by atoms with Crippen molar-refractivity contribution in [3.8, 4) is 17.2 Å². The Hall–Kier alpha value is -4.50. The molecule has 0 aliphatic rings. The predicted octanol–water partition coefficient (Wildman–Crippen LogP) is 4.72. The lowest BCUT2D eigenvalue weighted by atomic mass is 10.1. The van der Waals surface area contributed by atoms with Crippen LogP contribution in [0.15, 0.2) is 78.9 Å². The van der Waals surface area contributed by atoms with Crippen molar-refractivity contribution in [3.63, 3.8) is 0 Å². The van der Waals surface area contributed by atoms with E-state index in [4.69, 9.17) is 21.7 Å². The molecule has 0 unspecified atom stereocenters. The highest BCUT2D eigenvalue weighted by molar-refractivity contribution is 7.80. The first kappa shape index (κ1) is 22.3. The smallest absolute Gasteiger partial charge is 0.261 e. The molecule has 0 radical (unpaired) electrons. The summed E-state index contributed by atoms with van der Waals surface area (Å²) in [5.41, 5.74) is 3.33. The van der Waals surface area contributed by atoms with Gasteiger partial charge in [0.1, 0.15) is 22.5 Å². The van der Waals surface area contributed by atoms with Gasteiger partial charge in [0, 0.05) is 17.1 Å². The highest BCUT2D eigenvalue weighted by Gasteiger charge is 2.15. The van der Waals surface area contributed by atoms with Gasteiger partial charge in [-0.25, -0.2) is 0 Å². The van der Waals surface area contributed by atoms with E-state index in [0.717, 1.165) is 22.0 Å². The number of carbonyl (C=O) groups is 1. The van der Waals surface area contributed by atoms with Gasteiger partial charge < -0.3 is 14.8 Å². The zero-order chi connectivity index (χ0) is 24.4. The van der Waals surface area contributed by atoms with Crippen LogP contribution < -0.4 is 20.1 Å². The van der Waals surface area contributed by atoms with E-state index in [1.165, 1.54) is 7.11 Å². The first-order valence-corrected chi connectivity index (χ1v) is 11.2. The van der Waals surface area contributed by atoms with Crippen LogP contribution in [0, 0.1) is 0 Å². The lowest BCUT2D eigenvalue weighted by molar-refractivity contribution is 0.0974. The number of carbonyl (C=O) groups excluding carboxylic acids is 1. The molecule has 4 aromatic carbocycles. The number of anilines is 1. The van der Waals surface area contributed by atoms with Crippen LogP contribution in [0.1, 0.15) is 10.4 Å². The lowest BCUT2D eigenvalue weighted by Crippen LogP contribution is -2.34. The van der Waals surface area contributed by atoms with Crippen LogP contribution in [0.4, 0.5) is 5.69 Å². The Morgan fingerprint density at radius 1 is 0.886 bits per heavy atom. The number of hydrogen-bond donors (Lipinski definition) is 2. The highest BCUT2D eigenvalue weighted by Crippen LogP contribution is 2.25. The molecule has 9 heteroatoms. The van der Waals surface area contributed by atoms with Crippen LogP contribution in [0.2, 0.25) is 0 Å². The fourth-order valence-corrected chi connectivity index (χ4v) is 4.01. The van der Waals surface area contributed by atoms with Crippen molar-refractivity contribution in [2.75, 3.05) is 19.5 Å². The topological polar surface area (TPSA) is 90.3 Å². The van der Waals surface area contributed by atoms with Gasteiger partial charge in [-0.2, -0.15) is 0 Å². The van der Waals surface area contributed by atoms with E-state index in [0.29, 0.717) is 28.3 Å². The number of aromatic nitrogens is 3. The Balaban J connectivity index is 1.35. The third-order valence-corrected chi connectivity index (χ3v) is 5.70. The summed E-state index contributed by atoms with van der Waals surface area (Å²) < 4.78 is 10.5. The molecule has 1 aromatic heterocycles. The number of fused-ring (bicyclic) bond motifs is 2. The molecule has 0 spiro atoms. The Morgan fingerprint density at radius 2 is 1.69 bits per heavy atom. The quantitative estimate of drug-likeness (QED) is 0.350. The number of thiocarbonyl (C=S) groups is 1. The fourth-order valence-electron chi connectivity index (χ4n) is 3.80. The maximum atomic E-state index is 12.7. The second-order valence-electron chi connectivity index (χ2n) is 7.67. The van der Waals surface area contributed by atoms with Crippen molar-refractivity contribution in [2.24, 2.45) is 0 Å². The van der Waals surface area contributed by atoms with Crippen molar-refractivity contribution < 1.29 is 14.3 Å². The molecule has 0 aliphatic carbocycles.